The number of carboxylic acids is 1. The quantitative estimate of drug-likeness (QED) is 0.695. The molecule has 1 heterocycles. The van der Waals surface area contributed by atoms with E-state index >= 15 is 0 Å². The molecule has 6 heteroatoms. The Labute approximate surface area is 90.6 Å². The Morgan fingerprint density at radius 2 is 2.12 bits per heavy atom. The molecule has 4 N–H and O–H groups in total. The van der Waals surface area contributed by atoms with Crippen molar-refractivity contribution in [2.45, 2.75) is 0 Å². The van der Waals surface area contributed by atoms with Gasteiger partial charge in [0.25, 0.3) is 0 Å². The summed E-state index contributed by atoms with van der Waals surface area (Å²) in [6.45, 7) is 0. The summed E-state index contributed by atoms with van der Waals surface area (Å²) in [5, 5.41) is 21.8. The topological polar surface area (TPSA) is 101 Å². The van der Waals surface area contributed by atoms with Gasteiger partial charge < -0.3 is 15.9 Å². The summed E-state index contributed by atoms with van der Waals surface area (Å²) in [6, 6.07) is 7.48. The van der Waals surface area contributed by atoms with Gasteiger partial charge in [0.2, 0.25) is 0 Å². The number of carboxylic acid groups (broad SMARTS) is 1. The molecule has 0 unspecified atom stereocenters. The molecule has 0 bridgehead atoms. The first-order valence-electron chi connectivity index (χ1n) is 4.46. The SMILES string of the molecule is Nc1cc(C(=O)O)nn1-c1cccc(O)c1. The number of anilines is 1. The molecule has 0 saturated carbocycles. The summed E-state index contributed by atoms with van der Waals surface area (Å²) in [6.07, 6.45) is 0. The minimum atomic E-state index is -1.15. The molecule has 1 aromatic carbocycles. The van der Waals surface area contributed by atoms with Crippen LogP contribution in [-0.2, 0) is 0 Å². The molecule has 0 fully saturated rings. The standard InChI is InChI=1S/C10H9N3O3/c11-9-5-8(10(15)16)12-13(9)6-2-1-3-7(14)4-6/h1-5,14H,11H2,(H,15,16). The third-order valence-electron chi connectivity index (χ3n) is 2.03. The number of nitrogen functional groups attached to an aromatic ring is 1. The van der Waals surface area contributed by atoms with Gasteiger partial charge in [-0.3, -0.25) is 0 Å². The van der Waals surface area contributed by atoms with Crippen molar-refractivity contribution in [2.75, 3.05) is 5.73 Å². The molecule has 0 aliphatic heterocycles. The maximum atomic E-state index is 10.7. The van der Waals surface area contributed by atoms with Crippen LogP contribution in [0.2, 0.25) is 0 Å². The second-order valence-electron chi connectivity index (χ2n) is 3.19. The predicted octanol–water partition coefficient (Wildman–Crippen LogP) is 0.858. The van der Waals surface area contributed by atoms with Crippen LogP contribution >= 0.6 is 0 Å². The first-order chi connectivity index (χ1) is 7.58. The first-order valence-corrected chi connectivity index (χ1v) is 4.46. The molecule has 0 spiro atoms. The summed E-state index contributed by atoms with van der Waals surface area (Å²) >= 11 is 0. The summed E-state index contributed by atoms with van der Waals surface area (Å²) in [5.74, 6) is -0.891. The number of hydrogen-bond acceptors (Lipinski definition) is 4. The van der Waals surface area contributed by atoms with E-state index in [9.17, 15) is 9.90 Å². The minimum absolute atomic E-state index is 0.0595. The Balaban J connectivity index is 2.52. The fourth-order valence-electron chi connectivity index (χ4n) is 1.33. The minimum Gasteiger partial charge on any atom is -0.508 e. The van der Waals surface area contributed by atoms with E-state index in [1.807, 2.05) is 0 Å². The van der Waals surface area contributed by atoms with Crippen molar-refractivity contribution in [3.63, 3.8) is 0 Å². The number of aromatic carboxylic acids is 1. The van der Waals surface area contributed by atoms with E-state index in [4.69, 9.17) is 10.8 Å². The molecule has 0 atom stereocenters. The lowest BCUT2D eigenvalue weighted by Crippen LogP contribution is -2.03. The third kappa shape index (κ3) is 1.68. The number of aromatic hydroxyl groups is 1. The van der Waals surface area contributed by atoms with Crippen LogP contribution in [-0.4, -0.2) is 26.0 Å². The highest BCUT2D eigenvalue weighted by molar-refractivity contribution is 5.86. The number of rotatable bonds is 2. The molecule has 1 aromatic heterocycles. The Morgan fingerprint density at radius 3 is 2.69 bits per heavy atom. The Morgan fingerprint density at radius 1 is 1.38 bits per heavy atom. The fourth-order valence-corrected chi connectivity index (χ4v) is 1.33. The number of phenolic OH excluding ortho intramolecular Hbond substituents is 1. The van der Waals surface area contributed by atoms with Crippen molar-refractivity contribution in [1.29, 1.82) is 0 Å². The average molecular weight is 219 g/mol. The van der Waals surface area contributed by atoms with Gasteiger partial charge in [0.1, 0.15) is 11.6 Å². The van der Waals surface area contributed by atoms with E-state index in [2.05, 4.69) is 5.10 Å². The highest BCUT2D eigenvalue weighted by Crippen LogP contribution is 2.18. The second kappa shape index (κ2) is 3.58. The van der Waals surface area contributed by atoms with E-state index in [1.54, 1.807) is 12.1 Å². The Kier molecular flexibility index (Phi) is 2.24. The zero-order valence-electron chi connectivity index (χ0n) is 8.16. The van der Waals surface area contributed by atoms with Crippen molar-refractivity contribution in [1.82, 2.24) is 9.78 Å². The lowest BCUT2D eigenvalue weighted by atomic mass is 10.3. The van der Waals surface area contributed by atoms with Crippen LogP contribution in [0.3, 0.4) is 0 Å². The molecule has 82 valence electrons. The van der Waals surface area contributed by atoms with E-state index in [0.717, 1.165) is 0 Å². The monoisotopic (exact) mass is 219 g/mol. The maximum Gasteiger partial charge on any atom is 0.356 e. The smallest absolute Gasteiger partial charge is 0.356 e. The van der Waals surface area contributed by atoms with Crippen LogP contribution in [0.1, 0.15) is 10.5 Å². The van der Waals surface area contributed by atoms with Crippen molar-refractivity contribution in [3.8, 4) is 11.4 Å². The molecule has 0 saturated heterocycles. The van der Waals surface area contributed by atoms with Crippen LogP contribution in [0.25, 0.3) is 5.69 Å². The highest BCUT2D eigenvalue weighted by atomic mass is 16.4. The zero-order valence-corrected chi connectivity index (χ0v) is 8.16. The molecule has 0 aliphatic rings. The molecule has 2 rings (SSSR count). The summed E-state index contributed by atoms with van der Waals surface area (Å²) < 4.78 is 1.25. The average Bonchev–Trinajstić information content (AvgIpc) is 2.60. The van der Waals surface area contributed by atoms with E-state index in [-0.39, 0.29) is 17.3 Å². The van der Waals surface area contributed by atoms with Crippen molar-refractivity contribution in [2.24, 2.45) is 0 Å². The number of phenols is 1. The largest absolute Gasteiger partial charge is 0.508 e. The van der Waals surface area contributed by atoms with Crippen molar-refractivity contribution >= 4 is 11.8 Å². The molecule has 0 aliphatic carbocycles. The Bertz CT molecular complexity index is 548. The molecule has 0 amide bonds. The van der Waals surface area contributed by atoms with Gasteiger partial charge in [-0.05, 0) is 12.1 Å². The van der Waals surface area contributed by atoms with Crippen LogP contribution in [0.15, 0.2) is 30.3 Å². The van der Waals surface area contributed by atoms with E-state index < -0.39 is 5.97 Å². The number of benzene rings is 1. The van der Waals surface area contributed by atoms with E-state index in [0.29, 0.717) is 5.69 Å². The Hall–Kier alpha value is -2.50. The van der Waals surface area contributed by atoms with Gasteiger partial charge in [0, 0.05) is 12.1 Å². The van der Waals surface area contributed by atoms with Gasteiger partial charge in [-0.2, -0.15) is 5.10 Å². The van der Waals surface area contributed by atoms with Crippen LogP contribution in [0, 0.1) is 0 Å². The van der Waals surface area contributed by atoms with Gasteiger partial charge in [0.05, 0.1) is 5.69 Å². The lowest BCUT2D eigenvalue weighted by molar-refractivity contribution is 0.0690. The fraction of sp³-hybridized carbons (Fsp3) is 0. The molecule has 6 nitrogen and oxygen atoms in total. The molecule has 2 aromatic rings. The first kappa shape index (κ1) is 10.0. The summed E-state index contributed by atoms with van der Waals surface area (Å²) in [4.78, 5) is 10.7. The van der Waals surface area contributed by atoms with Gasteiger partial charge in [-0.25, -0.2) is 9.48 Å². The summed E-state index contributed by atoms with van der Waals surface area (Å²) in [5.41, 5.74) is 5.98. The van der Waals surface area contributed by atoms with Gasteiger partial charge in [-0.1, -0.05) is 6.07 Å². The van der Waals surface area contributed by atoms with Crippen LogP contribution in [0.4, 0.5) is 5.82 Å². The van der Waals surface area contributed by atoms with Crippen molar-refractivity contribution in [3.05, 3.63) is 36.0 Å². The number of nitrogens with zero attached hydrogens (tertiary/aromatic N) is 2. The third-order valence-corrected chi connectivity index (χ3v) is 2.03. The van der Waals surface area contributed by atoms with Gasteiger partial charge in [-0.15, -0.1) is 0 Å². The number of hydrogen-bond donors (Lipinski definition) is 3. The predicted molar refractivity (Wildman–Crippen MR) is 56.6 cm³/mol. The van der Waals surface area contributed by atoms with Gasteiger partial charge >= 0.3 is 5.97 Å². The van der Waals surface area contributed by atoms with Crippen molar-refractivity contribution < 1.29 is 15.0 Å². The van der Waals surface area contributed by atoms with E-state index in [1.165, 1.54) is 22.9 Å². The molecule has 16 heavy (non-hydrogen) atoms. The number of aromatic nitrogens is 2. The van der Waals surface area contributed by atoms with Gasteiger partial charge in [0.15, 0.2) is 5.69 Å². The van der Waals surface area contributed by atoms with Crippen LogP contribution < -0.4 is 5.73 Å². The highest BCUT2D eigenvalue weighted by Gasteiger charge is 2.12. The molecular weight excluding hydrogens is 210 g/mol. The van der Waals surface area contributed by atoms with Crippen LogP contribution in [0.5, 0.6) is 5.75 Å². The lowest BCUT2D eigenvalue weighted by Gasteiger charge is -2.03. The normalized spacial score (nSPS) is 10.2. The summed E-state index contributed by atoms with van der Waals surface area (Å²) in [7, 11) is 0. The number of carbonyl (C=O) groups is 1. The number of nitrogens with two attached hydrogens (primary N) is 1. The zero-order chi connectivity index (χ0) is 11.7. The maximum absolute atomic E-state index is 10.7. The second-order valence-corrected chi connectivity index (χ2v) is 3.19. The molecular formula is C10H9N3O3. The molecule has 0 radical (unpaired) electrons.